The summed E-state index contributed by atoms with van der Waals surface area (Å²) in [6.07, 6.45) is 0.395. The van der Waals surface area contributed by atoms with Crippen molar-refractivity contribution in [2.24, 2.45) is 0 Å². The van der Waals surface area contributed by atoms with Crippen molar-refractivity contribution in [1.29, 1.82) is 0 Å². The Kier molecular flexibility index (Phi) is 4.19. The number of furan rings is 1. The summed E-state index contributed by atoms with van der Waals surface area (Å²) in [5, 5.41) is 15.3. The molecule has 1 aromatic heterocycles. The van der Waals surface area contributed by atoms with E-state index in [4.69, 9.17) is 29.7 Å². The lowest BCUT2D eigenvalue weighted by molar-refractivity contribution is 0.430. The molecule has 2 aromatic carbocycles. The average molecular weight is 506 g/mol. The van der Waals surface area contributed by atoms with Crippen LogP contribution in [-0.2, 0) is 10.0 Å². The monoisotopic (exact) mass is 505 g/mol. The number of phenolic OH excluding ortho intramolecular Hbond substituents is 1. The first-order valence-electron chi connectivity index (χ1n) is 14.4. The van der Waals surface area contributed by atoms with E-state index in [1.54, 1.807) is 26.0 Å². The van der Waals surface area contributed by atoms with Crippen molar-refractivity contribution < 1.29 is 31.6 Å². The molecular weight excluding hydrogens is 470 g/mol. The average Bonchev–Trinajstić information content (AvgIpc) is 3.28. The van der Waals surface area contributed by atoms with Crippen LogP contribution in [0, 0.1) is 6.92 Å². The smallest absolute Gasteiger partial charge is 0.253 e. The number of nitrogens with one attached hydrogen (secondary N) is 2. The van der Waals surface area contributed by atoms with Crippen molar-refractivity contribution in [3.63, 3.8) is 0 Å². The van der Waals surface area contributed by atoms with Crippen molar-refractivity contribution >= 4 is 38.7 Å². The summed E-state index contributed by atoms with van der Waals surface area (Å²) < 4.78 is 109. The van der Waals surface area contributed by atoms with E-state index in [1.807, 2.05) is 0 Å². The standard InChI is InChI=1S/C22H26ClN3O6S/c1-5-14(16-11-8-12(4)32-16)24-17-18(21(29)20(17)28)25-15-10-9-13(23)22(19(15)27)33(30,31)26(6-2)7-3/h8-11,14,24-25,27H,5-7H2,1-4H3/t14-/m1/s1/i2D3,3D3,6D2,7D2. The number of aryl methyl sites for hydroxylation is 1. The molecule has 3 rings (SSSR count). The summed E-state index contributed by atoms with van der Waals surface area (Å²) in [7, 11) is -5.94. The number of sulfonamides is 1. The largest absolute Gasteiger partial charge is 0.504 e. The number of aromatic hydroxyl groups is 1. The molecule has 1 atom stereocenters. The lowest BCUT2D eigenvalue weighted by Gasteiger charge is -2.22. The summed E-state index contributed by atoms with van der Waals surface area (Å²) in [5.74, 6) is -0.333. The van der Waals surface area contributed by atoms with Gasteiger partial charge in [0.2, 0.25) is 10.0 Å². The van der Waals surface area contributed by atoms with Gasteiger partial charge in [-0.25, -0.2) is 8.42 Å². The van der Waals surface area contributed by atoms with Gasteiger partial charge < -0.3 is 20.2 Å². The Morgan fingerprint density at radius 2 is 1.85 bits per heavy atom. The minimum Gasteiger partial charge on any atom is -0.504 e. The minimum absolute atomic E-state index is 0.247. The van der Waals surface area contributed by atoms with Gasteiger partial charge in [-0.05, 0) is 37.6 Å². The normalized spacial score (nSPS) is 19.0. The molecule has 0 fully saturated rings. The summed E-state index contributed by atoms with van der Waals surface area (Å²) >= 11 is 6.01. The molecule has 0 aliphatic carbocycles. The third kappa shape index (κ3) is 4.50. The van der Waals surface area contributed by atoms with Crippen LogP contribution in [0.2, 0.25) is 5.02 Å². The van der Waals surface area contributed by atoms with Gasteiger partial charge in [-0.1, -0.05) is 32.2 Å². The number of benzene rings is 1. The molecule has 0 saturated heterocycles. The Bertz CT molecular complexity index is 1690. The summed E-state index contributed by atoms with van der Waals surface area (Å²) in [4.78, 5) is 23.4. The molecule has 0 unspecified atom stereocenters. The van der Waals surface area contributed by atoms with Gasteiger partial charge in [0.1, 0.15) is 27.8 Å². The number of anilines is 3. The van der Waals surface area contributed by atoms with Crippen LogP contribution in [0.1, 0.15) is 58.3 Å². The molecule has 0 spiro atoms. The molecule has 0 amide bonds. The molecule has 0 aliphatic rings. The highest BCUT2D eigenvalue weighted by molar-refractivity contribution is 7.89. The third-order valence-corrected chi connectivity index (χ3v) is 6.81. The Morgan fingerprint density at radius 1 is 1.18 bits per heavy atom. The summed E-state index contributed by atoms with van der Waals surface area (Å²) in [6, 6.07) is 4.54. The lowest BCUT2D eigenvalue weighted by Crippen LogP contribution is -2.37. The first-order chi connectivity index (χ1) is 19.4. The van der Waals surface area contributed by atoms with Gasteiger partial charge in [-0.3, -0.25) is 9.59 Å². The van der Waals surface area contributed by atoms with Crippen LogP contribution in [0.4, 0.5) is 17.1 Å². The number of phenols is 1. The van der Waals surface area contributed by atoms with Gasteiger partial charge in [-0.2, -0.15) is 4.31 Å². The van der Waals surface area contributed by atoms with E-state index >= 15 is 0 Å². The number of rotatable bonds is 10. The molecule has 9 nitrogen and oxygen atoms in total. The molecule has 0 aliphatic heterocycles. The van der Waals surface area contributed by atoms with Gasteiger partial charge in [-0.15, -0.1) is 0 Å². The van der Waals surface area contributed by atoms with Crippen LogP contribution >= 0.6 is 11.6 Å². The lowest BCUT2D eigenvalue weighted by atomic mass is 10.1. The van der Waals surface area contributed by atoms with Crippen LogP contribution in [-0.4, -0.2) is 30.8 Å². The van der Waals surface area contributed by atoms with Gasteiger partial charge in [0.25, 0.3) is 10.9 Å². The highest BCUT2D eigenvalue weighted by atomic mass is 35.5. The molecule has 0 radical (unpaired) electrons. The van der Waals surface area contributed by atoms with Gasteiger partial charge in [0.05, 0.1) is 16.8 Å². The van der Waals surface area contributed by atoms with Gasteiger partial charge >= 0.3 is 0 Å². The van der Waals surface area contributed by atoms with E-state index in [2.05, 4.69) is 10.6 Å². The van der Waals surface area contributed by atoms with Crippen LogP contribution in [0.25, 0.3) is 0 Å². The van der Waals surface area contributed by atoms with E-state index in [0.717, 1.165) is 12.1 Å². The maximum Gasteiger partial charge on any atom is 0.253 e. The second kappa shape index (κ2) is 9.58. The first-order valence-corrected chi connectivity index (χ1v) is 11.2. The number of hydrogen-bond acceptors (Lipinski definition) is 8. The molecule has 1 heterocycles. The quantitative estimate of drug-likeness (QED) is 0.279. The number of nitrogens with zero attached hydrogens (tertiary/aromatic N) is 1. The molecule has 11 heteroatoms. The number of halogens is 1. The van der Waals surface area contributed by atoms with Crippen molar-refractivity contribution in [2.45, 2.75) is 44.9 Å². The minimum atomic E-state index is -5.94. The Balaban J connectivity index is 2.16. The van der Waals surface area contributed by atoms with Gasteiger partial charge in [0, 0.05) is 26.7 Å². The fourth-order valence-electron chi connectivity index (χ4n) is 3.10. The molecule has 3 aromatic rings. The Labute approximate surface area is 210 Å². The van der Waals surface area contributed by atoms with E-state index in [1.165, 1.54) is 0 Å². The van der Waals surface area contributed by atoms with E-state index in [0.29, 0.717) is 17.9 Å². The van der Waals surface area contributed by atoms with E-state index < -0.39 is 85.0 Å². The third-order valence-electron chi connectivity index (χ3n) is 4.79. The van der Waals surface area contributed by atoms with E-state index in [9.17, 15) is 23.1 Å². The van der Waals surface area contributed by atoms with Crippen LogP contribution in [0.5, 0.6) is 5.75 Å². The predicted molar refractivity (Wildman–Crippen MR) is 128 cm³/mol. The highest BCUT2D eigenvalue weighted by Crippen LogP contribution is 2.40. The maximum absolute atomic E-state index is 13.7. The zero-order valence-electron chi connectivity index (χ0n) is 27.3. The highest BCUT2D eigenvalue weighted by Gasteiger charge is 2.31. The van der Waals surface area contributed by atoms with Gasteiger partial charge in [0.15, 0.2) is 5.75 Å². The van der Waals surface area contributed by atoms with Crippen molar-refractivity contribution in [2.75, 3.05) is 23.6 Å². The second-order valence-corrected chi connectivity index (χ2v) is 8.98. The fourth-order valence-corrected chi connectivity index (χ4v) is 4.64. The summed E-state index contributed by atoms with van der Waals surface area (Å²) in [5.41, 5.74) is -3.29. The van der Waals surface area contributed by atoms with Crippen molar-refractivity contribution in [3.05, 3.63) is 61.3 Å². The van der Waals surface area contributed by atoms with Crippen molar-refractivity contribution in [3.8, 4) is 5.75 Å². The maximum atomic E-state index is 13.7. The molecule has 0 bridgehead atoms. The van der Waals surface area contributed by atoms with Crippen molar-refractivity contribution in [1.82, 2.24) is 4.31 Å². The van der Waals surface area contributed by atoms with E-state index in [-0.39, 0.29) is 5.69 Å². The molecule has 3 N–H and O–H groups in total. The zero-order chi connectivity index (χ0) is 33.1. The Morgan fingerprint density at radius 3 is 2.42 bits per heavy atom. The SMILES string of the molecule is [2H]C([2H])([2H])C([2H])([2H])N(C([2H])([2H])C([2H])([2H])[2H])S(=O)(=O)c1c(Cl)ccc(Nc2c(N[C@H](CC)c3ccc(C)o3)c(=O)c2=O)c1O. The topological polar surface area (TPSA) is 129 Å². The molecule has 178 valence electrons. The summed E-state index contributed by atoms with van der Waals surface area (Å²) in [6.45, 7) is -12.8. The van der Waals surface area contributed by atoms with Crippen LogP contribution in [0.15, 0.2) is 43.2 Å². The Hall–Kier alpha value is -2.82. The van der Waals surface area contributed by atoms with Crippen LogP contribution in [0.3, 0.4) is 0 Å². The second-order valence-electron chi connectivity index (χ2n) is 6.85. The number of hydrogen-bond donors (Lipinski definition) is 3. The molecule has 33 heavy (non-hydrogen) atoms. The molecular formula is C22H26ClN3O6S. The zero-order valence-corrected chi connectivity index (χ0v) is 18.9. The first kappa shape index (κ1) is 14.4. The van der Waals surface area contributed by atoms with Crippen LogP contribution < -0.4 is 21.5 Å². The fraction of sp³-hybridized carbons (Fsp3) is 0.364. The molecule has 0 saturated carbocycles. The predicted octanol–water partition coefficient (Wildman–Crippen LogP) is 3.88.